The van der Waals surface area contributed by atoms with Crippen LogP contribution in [0.15, 0.2) is 54.6 Å². The average molecular weight is 328 g/mol. The maximum Gasteiger partial charge on any atom is 0.0998 e. The highest BCUT2D eigenvalue weighted by Crippen LogP contribution is 2.38. The van der Waals surface area contributed by atoms with Crippen molar-refractivity contribution in [2.75, 3.05) is 0 Å². The van der Waals surface area contributed by atoms with Gasteiger partial charge >= 0.3 is 0 Å². The molecule has 2 heterocycles. The third-order valence-corrected chi connectivity index (χ3v) is 5.63. The minimum Gasteiger partial charge on any atom is -0.289 e. The third kappa shape index (κ3) is 3.25. The van der Waals surface area contributed by atoms with E-state index in [2.05, 4.69) is 60.4 Å². The number of rotatable bonds is 3. The van der Waals surface area contributed by atoms with E-state index in [9.17, 15) is 5.26 Å². The fourth-order valence-corrected chi connectivity index (χ4v) is 4.38. The molecule has 0 aliphatic carbocycles. The lowest BCUT2D eigenvalue weighted by Gasteiger charge is -2.45. The zero-order chi connectivity index (χ0) is 17.2. The fourth-order valence-electron chi connectivity index (χ4n) is 4.38. The van der Waals surface area contributed by atoms with Gasteiger partial charge in [0.1, 0.15) is 0 Å². The van der Waals surface area contributed by atoms with Gasteiger partial charge < -0.3 is 0 Å². The zero-order valence-corrected chi connectivity index (χ0v) is 14.8. The molecule has 25 heavy (non-hydrogen) atoms. The van der Waals surface area contributed by atoms with E-state index in [-0.39, 0.29) is 0 Å². The Balaban J connectivity index is 1.66. The summed E-state index contributed by atoms with van der Waals surface area (Å²) in [5, 5.41) is 9.50. The van der Waals surface area contributed by atoms with Gasteiger partial charge in [0.2, 0.25) is 0 Å². The minimum absolute atomic E-state index is 0.495. The van der Waals surface area contributed by atoms with E-state index in [0.29, 0.717) is 12.1 Å². The van der Waals surface area contributed by atoms with Crippen molar-refractivity contribution >= 4 is 5.57 Å². The van der Waals surface area contributed by atoms with Crippen LogP contribution in [0.5, 0.6) is 0 Å². The van der Waals surface area contributed by atoms with Gasteiger partial charge in [0, 0.05) is 18.6 Å². The van der Waals surface area contributed by atoms with Gasteiger partial charge in [-0.1, -0.05) is 60.5 Å². The largest absolute Gasteiger partial charge is 0.289 e. The quantitative estimate of drug-likeness (QED) is 0.786. The standard InChI is InChI=1S/C23H24N2/c1-17-10-11-19(15-24)23(12-17)20-13-21-8-5-9-22(14-20)25(21)16-18-6-3-2-4-7-18/h2-4,6-7,10-13,21-22H,5,8-9,14,16H2,1H3. The Bertz CT molecular complexity index is 829. The highest BCUT2D eigenvalue weighted by Gasteiger charge is 2.34. The maximum atomic E-state index is 9.50. The Kier molecular flexibility index (Phi) is 4.42. The first kappa shape index (κ1) is 16.1. The number of piperidine rings is 1. The van der Waals surface area contributed by atoms with Crippen molar-refractivity contribution in [1.82, 2.24) is 4.90 Å². The SMILES string of the molecule is Cc1ccc(C#N)c(C2=CC3CCCC(C2)N3Cc2ccccc2)c1. The first-order valence-electron chi connectivity index (χ1n) is 9.26. The van der Waals surface area contributed by atoms with Crippen LogP contribution in [0.2, 0.25) is 0 Å². The van der Waals surface area contributed by atoms with Gasteiger partial charge in [0.25, 0.3) is 0 Å². The molecule has 0 amide bonds. The Labute approximate surface area is 150 Å². The number of aryl methyl sites for hydroxylation is 1. The molecule has 2 unspecified atom stereocenters. The molecule has 2 aromatic carbocycles. The topological polar surface area (TPSA) is 27.0 Å². The molecule has 1 fully saturated rings. The van der Waals surface area contributed by atoms with Crippen LogP contribution in [0.4, 0.5) is 0 Å². The molecule has 0 radical (unpaired) electrons. The van der Waals surface area contributed by atoms with Crippen LogP contribution in [0.25, 0.3) is 5.57 Å². The summed E-state index contributed by atoms with van der Waals surface area (Å²) in [6, 6.07) is 20.4. The lowest BCUT2D eigenvalue weighted by atomic mass is 9.81. The summed E-state index contributed by atoms with van der Waals surface area (Å²) in [7, 11) is 0. The van der Waals surface area contributed by atoms with Gasteiger partial charge in [0.15, 0.2) is 0 Å². The van der Waals surface area contributed by atoms with E-state index < -0.39 is 0 Å². The van der Waals surface area contributed by atoms with Crippen molar-refractivity contribution in [1.29, 1.82) is 5.26 Å². The molecule has 2 aromatic rings. The summed E-state index contributed by atoms with van der Waals surface area (Å²) in [5.74, 6) is 0. The summed E-state index contributed by atoms with van der Waals surface area (Å²) in [6.07, 6.45) is 7.29. The van der Waals surface area contributed by atoms with Crippen molar-refractivity contribution < 1.29 is 0 Å². The van der Waals surface area contributed by atoms with E-state index in [4.69, 9.17) is 0 Å². The lowest BCUT2D eigenvalue weighted by molar-refractivity contribution is 0.0951. The number of hydrogen-bond acceptors (Lipinski definition) is 2. The van der Waals surface area contributed by atoms with Crippen molar-refractivity contribution in [2.24, 2.45) is 0 Å². The molecule has 2 heteroatoms. The Hall–Kier alpha value is -2.37. The summed E-state index contributed by atoms with van der Waals surface area (Å²) in [5.41, 5.74) is 5.96. The van der Waals surface area contributed by atoms with Crippen LogP contribution in [0.1, 0.15) is 47.9 Å². The van der Waals surface area contributed by atoms with Crippen molar-refractivity contribution in [3.63, 3.8) is 0 Å². The van der Waals surface area contributed by atoms with Crippen LogP contribution >= 0.6 is 0 Å². The summed E-state index contributed by atoms with van der Waals surface area (Å²) in [4.78, 5) is 2.67. The smallest absolute Gasteiger partial charge is 0.0998 e. The maximum absolute atomic E-state index is 9.50. The second kappa shape index (κ2) is 6.86. The number of nitrogens with zero attached hydrogens (tertiary/aromatic N) is 2. The second-order valence-corrected chi connectivity index (χ2v) is 7.37. The Morgan fingerprint density at radius 2 is 1.96 bits per heavy atom. The monoisotopic (exact) mass is 328 g/mol. The molecule has 2 atom stereocenters. The van der Waals surface area contributed by atoms with E-state index in [0.717, 1.165) is 24.1 Å². The summed E-state index contributed by atoms with van der Waals surface area (Å²) in [6.45, 7) is 3.13. The van der Waals surface area contributed by atoms with Crippen molar-refractivity contribution in [3.8, 4) is 6.07 Å². The van der Waals surface area contributed by atoms with Gasteiger partial charge in [0.05, 0.1) is 11.6 Å². The highest BCUT2D eigenvalue weighted by molar-refractivity contribution is 5.73. The van der Waals surface area contributed by atoms with Gasteiger partial charge in [-0.2, -0.15) is 5.26 Å². The number of hydrogen-bond donors (Lipinski definition) is 0. The zero-order valence-electron chi connectivity index (χ0n) is 14.8. The predicted octanol–water partition coefficient (Wildman–Crippen LogP) is 5.08. The number of fused-ring (bicyclic) bond motifs is 2. The molecule has 0 aromatic heterocycles. The molecule has 0 spiro atoms. The summed E-state index contributed by atoms with van der Waals surface area (Å²) < 4.78 is 0. The Morgan fingerprint density at radius 3 is 2.72 bits per heavy atom. The first-order valence-corrected chi connectivity index (χ1v) is 9.26. The van der Waals surface area contributed by atoms with Gasteiger partial charge in [-0.3, -0.25) is 4.90 Å². The van der Waals surface area contributed by atoms with Gasteiger partial charge in [-0.25, -0.2) is 0 Å². The van der Waals surface area contributed by atoms with E-state index in [1.807, 2.05) is 12.1 Å². The molecular formula is C23H24N2. The van der Waals surface area contributed by atoms with Gasteiger partial charge in [-0.05, 0) is 49.0 Å². The first-order chi connectivity index (χ1) is 12.2. The number of benzene rings is 2. The normalized spacial score (nSPS) is 23.0. The molecule has 126 valence electrons. The van der Waals surface area contributed by atoms with Gasteiger partial charge in [-0.15, -0.1) is 0 Å². The summed E-state index contributed by atoms with van der Waals surface area (Å²) >= 11 is 0. The average Bonchev–Trinajstić information content (AvgIpc) is 2.62. The third-order valence-electron chi connectivity index (χ3n) is 5.63. The van der Waals surface area contributed by atoms with Crippen LogP contribution in [0.3, 0.4) is 0 Å². The van der Waals surface area contributed by atoms with E-state index in [1.165, 1.54) is 36.0 Å². The van der Waals surface area contributed by atoms with E-state index in [1.54, 1.807) is 0 Å². The molecule has 0 saturated carbocycles. The molecule has 2 nitrogen and oxygen atoms in total. The Morgan fingerprint density at radius 1 is 1.12 bits per heavy atom. The molecule has 2 bridgehead atoms. The lowest BCUT2D eigenvalue weighted by Crippen LogP contribution is -2.47. The van der Waals surface area contributed by atoms with Crippen molar-refractivity contribution in [3.05, 3.63) is 76.9 Å². The van der Waals surface area contributed by atoms with E-state index >= 15 is 0 Å². The fraction of sp³-hybridized carbons (Fsp3) is 0.348. The van der Waals surface area contributed by atoms with Crippen LogP contribution < -0.4 is 0 Å². The minimum atomic E-state index is 0.495. The van der Waals surface area contributed by atoms with Crippen LogP contribution in [-0.2, 0) is 6.54 Å². The number of nitriles is 1. The second-order valence-electron chi connectivity index (χ2n) is 7.37. The molecule has 2 aliphatic rings. The van der Waals surface area contributed by atoms with Crippen molar-refractivity contribution in [2.45, 2.75) is 51.2 Å². The molecule has 4 rings (SSSR count). The van der Waals surface area contributed by atoms with Crippen LogP contribution in [0, 0.1) is 18.3 Å². The molecule has 0 N–H and O–H groups in total. The molecule has 2 aliphatic heterocycles. The van der Waals surface area contributed by atoms with Crippen LogP contribution in [-0.4, -0.2) is 17.0 Å². The predicted molar refractivity (Wildman–Crippen MR) is 102 cm³/mol. The molecular weight excluding hydrogens is 304 g/mol. The molecule has 1 saturated heterocycles. The highest BCUT2D eigenvalue weighted by atomic mass is 15.2.